The maximum absolute atomic E-state index is 11.0. The molecule has 1 N–H and O–H groups in total. The summed E-state index contributed by atoms with van der Waals surface area (Å²) in [5.41, 5.74) is -0.127. The maximum atomic E-state index is 11.0. The number of carbonyl (C=O) groups excluding carboxylic acids is 1. The molecule has 0 saturated heterocycles. The van der Waals surface area contributed by atoms with E-state index in [2.05, 4.69) is 0 Å². The molecule has 2 bridgehead atoms. The van der Waals surface area contributed by atoms with Crippen LogP contribution in [-0.4, -0.2) is 18.0 Å². The third-order valence-electron chi connectivity index (χ3n) is 3.83. The first-order valence-electron chi connectivity index (χ1n) is 4.88. The van der Waals surface area contributed by atoms with Crippen LogP contribution < -0.4 is 0 Å². The van der Waals surface area contributed by atoms with Crippen LogP contribution in [0.3, 0.4) is 0 Å². The van der Waals surface area contributed by atoms with Crippen LogP contribution in [0.4, 0.5) is 0 Å². The molecule has 0 aromatic heterocycles. The molecule has 2 nitrogen and oxygen atoms in total. The quantitative estimate of drug-likeness (QED) is 0.646. The third-order valence-corrected chi connectivity index (χ3v) is 3.83. The molecular weight excluding hydrogens is 152 g/mol. The van der Waals surface area contributed by atoms with Gasteiger partial charge in [0.25, 0.3) is 0 Å². The van der Waals surface area contributed by atoms with Gasteiger partial charge in [0.1, 0.15) is 6.29 Å². The minimum atomic E-state index is -0.127. The lowest BCUT2D eigenvalue weighted by atomic mass is 9.72. The van der Waals surface area contributed by atoms with E-state index in [9.17, 15) is 4.79 Å². The number of carbonyl (C=O) groups is 1. The molecule has 3 unspecified atom stereocenters. The van der Waals surface area contributed by atoms with Crippen LogP contribution in [0.15, 0.2) is 0 Å². The summed E-state index contributed by atoms with van der Waals surface area (Å²) < 4.78 is 0. The highest BCUT2D eigenvalue weighted by Crippen LogP contribution is 2.56. The summed E-state index contributed by atoms with van der Waals surface area (Å²) in [6.45, 7) is 0.169. The fourth-order valence-electron chi connectivity index (χ4n) is 3.20. The summed E-state index contributed by atoms with van der Waals surface area (Å²) in [7, 11) is 0. The average molecular weight is 168 g/mol. The van der Waals surface area contributed by atoms with Crippen LogP contribution in [0.25, 0.3) is 0 Å². The Hall–Kier alpha value is -0.370. The molecule has 0 aromatic rings. The lowest BCUT2D eigenvalue weighted by molar-refractivity contribution is -0.120. The van der Waals surface area contributed by atoms with Crippen LogP contribution in [0.1, 0.15) is 32.1 Å². The number of aldehydes is 1. The van der Waals surface area contributed by atoms with Crippen molar-refractivity contribution < 1.29 is 9.90 Å². The Labute approximate surface area is 73.0 Å². The zero-order valence-corrected chi connectivity index (χ0v) is 7.33. The number of hydrogen-bond acceptors (Lipinski definition) is 2. The predicted molar refractivity (Wildman–Crippen MR) is 45.6 cm³/mol. The Morgan fingerprint density at radius 2 is 2.33 bits per heavy atom. The Balaban J connectivity index is 2.13. The molecule has 0 radical (unpaired) electrons. The van der Waals surface area contributed by atoms with Crippen molar-refractivity contribution >= 4 is 6.29 Å². The van der Waals surface area contributed by atoms with Gasteiger partial charge in [0.05, 0.1) is 0 Å². The van der Waals surface area contributed by atoms with Gasteiger partial charge in [0, 0.05) is 12.0 Å². The summed E-state index contributed by atoms with van der Waals surface area (Å²) in [6.07, 6.45) is 6.61. The van der Waals surface area contributed by atoms with E-state index in [4.69, 9.17) is 5.11 Å². The van der Waals surface area contributed by atoms with Gasteiger partial charge in [-0.3, -0.25) is 0 Å². The van der Waals surface area contributed by atoms with Gasteiger partial charge in [0.2, 0.25) is 0 Å². The zero-order chi connectivity index (χ0) is 8.60. The molecule has 2 aliphatic rings. The van der Waals surface area contributed by atoms with Crippen molar-refractivity contribution in [2.45, 2.75) is 32.1 Å². The van der Waals surface area contributed by atoms with Crippen molar-refractivity contribution in [2.24, 2.45) is 17.3 Å². The van der Waals surface area contributed by atoms with E-state index < -0.39 is 0 Å². The minimum Gasteiger partial charge on any atom is -0.396 e. The van der Waals surface area contributed by atoms with Crippen LogP contribution >= 0.6 is 0 Å². The molecule has 2 heteroatoms. The first-order valence-corrected chi connectivity index (χ1v) is 4.88. The molecular formula is C10H16O2. The third kappa shape index (κ3) is 1.01. The highest BCUT2D eigenvalue weighted by atomic mass is 16.3. The molecule has 0 amide bonds. The highest BCUT2D eigenvalue weighted by molar-refractivity contribution is 5.61. The summed E-state index contributed by atoms with van der Waals surface area (Å²) in [5.74, 6) is 1.37. The lowest BCUT2D eigenvalue weighted by Crippen LogP contribution is -2.30. The van der Waals surface area contributed by atoms with E-state index in [0.717, 1.165) is 18.6 Å². The highest BCUT2D eigenvalue weighted by Gasteiger charge is 2.50. The Morgan fingerprint density at radius 3 is 2.75 bits per heavy atom. The Morgan fingerprint density at radius 1 is 1.50 bits per heavy atom. The second-order valence-corrected chi connectivity index (χ2v) is 4.40. The van der Waals surface area contributed by atoms with Crippen LogP contribution in [0.2, 0.25) is 0 Å². The molecule has 68 valence electrons. The van der Waals surface area contributed by atoms with Crippen molar-refractivity contribution in [3.05, 3.63) is 0 Å². The number of fused-ring (bicyclic) bond motifs is 2. The van der Waals surface area contributed by atoms with Crippen molar-refractivity contribution in [2.75, 3.05) is 6.61 Å². The largest absolute Gasteiger partial charge is 0.396 e. The lowest BCUT2D eigenvalue weighted by Gasteiger charge is -2.31. The summed E-state index contributed by atoms with van der Waals surface area (Å²) >= 11 is 0. The second-order valence-electron chi connectivity index (χ2n) is 4.40. The number of aliphatic hydroxyl groups is 1. The van der Waals surface area contributed by atoms with Crippen molar-refractivity contribution in [3.63, 3.8) is 0 Å². The standard InChI is InChI=1S/C10H16O2/c11-4-3-10(7-12)6-8-1-2-9(10)5-8/h7-9,11H,1-6H2. The fourth-order valence-corrected chi connectivity index (χ4v) is 3.20. The Kier molecular flexibility index (Phi) is 1.95. The summed E-state index contributed by atoms with van der Waals surface area (Å²) in [4.78, 5) is 11.0. The van der Waals surface area contributed by atoms with E-state index >= 15 is 0 Å². The summed E-state index contributed by atoms with van der Waals surface area (Å²) in [6, 6.07) is 0. The molecule has 2 rings (SSSR count). The number of aliphatic hydroxyl groups excluding tert-OH is 1. The molecule has 0 spiro atoms. The zero-order valence-electron chi connectivity index (χ0n) is 7.33. The topological polar surface area (TPSA) is 37.3 Å². The first-order chi connectivity index (χ1) is 5.80. The van der Waals surface area contributed by atoms with Crippen molar-refractivity contribution in [1.29, 1.82) is 0 Å². The van der Waals surface area contributed by atoms with Gasteiger partial charge >= 0.3 is 0 Å². The van der Waals surface area contributed by atoms with Gasteiger partial charge < -0.3 is 9.90 Å². The van der Waals surface area contributed by atoms with Crippen molar-refractivity contribution in [3.8, 4) is 0 Å². The van der Waals surface area contributed by atoms with Gasteiger partial charge in [0.15, 0.2) is 0 Å². The van der Waals surface area contributed by atoms with Gasteiger partial charge in [-0.05, 0) is 37.5 Å². The fraction of sp³-hybridized carbons (Fsp3) is 0.900. The number of hydrogen-bond donors (Lipinski definition) is 1. The molecule has 3 atom stereocenters. The van der Waals surface area contributed by atoms with Gasteiger partial charge in [-0.2, -0.15) is 0 Å². The van der Waals surface area contributed by atoms with Gasteiger partial charge in [-0.15, -0.1) is 0 Å². The van der Waals surface area contributed by atoms with Crippen molar-refractivity contribution in [1.82, 2.24) is 0 Å². The molecule has 0 aliphatic heterocycles. The first kappa shape index (κ1) is 8.24. The molecule has 0 aromatic carbocycles. The molecule has 0 heterocycles. The normalized spacial score (nSPS) is 45.1. The van der Waals surface area contributed by atoms with Crippen LogP contribution in [0.5, 0.6) is 0 Å². The van der Waals surface area contributed by atoms with E-state index in [1.165, 1.54) is 19.3 Å². The molecule has 12 heavy (non-hydrogen) atoms. The molecule has 2 aliphatic carbocycles. The van der Waals surface area contributed by atoms with Crippen LogP contribution in [0, 0.1) is 17.3 Å². The minimum absolute atomic E-state index is 0.127. The van der Waals surface area contributed by atoms with E-state index in [0.29, 0.717) is 12.3 Å². The smallest absolute Gasteiger partial charge is 0.126 e. The second kappa shape index (κ2) is 2.84. The average Bonchev–Trinajstić information content (AvgIpc) is 2.64. The van der Waals surface area contributed by atoms with Gasteiger partial charge in [-0.1, -0.05) is 6.42 Å². The van der Waals surface area contributed by atoms with Gasteiger partial charge in [-0.25, -0.2) is 0 Å². The summed E-state index contributed by atoms with van der Waals surface area (Å²) in [5, 5.41) is 8.89. The maximum Gasteiger partial charge on any atom is 0.126 e. The van der Waals surface area contributed by atoms with E-state index in [-0.39, 0.29) is 12.0 Å². The SMILES string of the molecule is O=CC1(CCO)CC2CCC1C2. The number of rotatable bonds is 3. The predicted octanol–water partition coefficient (Wildman–Crippen LogP) is 1.37. The molecule has 2 fully saturated rings. The Bertz CT molecular complexity index is 190. The monoisotopic (exact) mass is 168 g/mol. The molecule has 2 saturated carbocycles. The van der Waals surface area contributed by atoms with Crippen LogP contribution in [-0.2, 0) is 4.79 Å². The van der Waals surface area contributed by atoms with E-state index in [1.807, 2.05) is 0 Å². The van der Waals surface area contributed by atoms with E-state index in [1.54, 1.807) is 0 Å².